The quantitative estimate of drug-likeness (QED) is 0.123. The van der Waals surface area contributed by atoms with E-state index < -0.39 is 8.32 Å². The van der Waals surface area contributed by atoms with Gasteiger partial charge in [-0.25, -0.2) is 0 Å². The van der Waals surface area contributed by atoms with Gasteiger partial charge in [0, 0.05) is 23.2 Å². The number of ether oxygens (including phenoxy) is 1. The zero-order valence-electron chi connectivity index (χ0n) is 28.0. The third-order valence-electron chi connectivity index (χ3n) is 8.49. The largest absolute Gasteiger partial charge is 0.466 e. The molecule has 1 aromatic heterocycles. The summed E-state index contributed by atoms with van der Waals surface area (Å²) >= 11 is 0. The third-order valence-corrected chi connectivity index (χ3v) is 9.50. The number of aryl methyl sites for hydroxylation is 2. The van der Waals surface area contributed by atoms with Gasteiger partial charge in [-0.1, -0.05) is 74.4 Å². The maximum Gasteiger partial charge on any atom is 0.310 e. The van der Waals surface area contributed by atoms with Crippen LogP contribution in [0.2, 0.25) is 19.6 Å². The van der Waals surface area contributed by atoms with Gasteiger partial charge in [-0.05, 0) is 112 Å². The summed E-state index contributed by atoms with van der Waals surface area (Å²) in [5.74, 6) is 7.31. The molecule has 0 N–H and O–H groups in total. The van der Waals surface area contributed by atoms with E-state index in [0.29, 0.717) is 12.5 Å². The summed E-state index contributed by atoms with van der Waals surface area (Å²) in [4.78, 5) is 16.5. The zero-order chi connectivity index (χ0) is 31.7. The molecule has 0 aliphatic heterocycles. The average molecular weight is 610 g/mol. The van der Waals surface area contributed by atoms with Crippen LogP contribution in [0.15, 0.2) is 54.7 Å². The van der Waals surface area contributed by atoms with Gasteiger partial charge in [-0.3, -0.25) is 9.78 Å². The Bertz CT molecular complexity index is 1470. The van der Waals surface area contributed by atoms with Crippen LogP contribution in [-0.4, -0.2) is 31.5 Å². The van der Waals surface area contributed by atoms with E-state index in [2.05, 4.69) is 93.6 Å². The lowest BCUT2D eigenvalue weighted by molar-refractivity contribution is -0.142. The van der Waals surface area contributed by atoms with Crippen LogP contribution in [0.1, 0.15) is 105 Å². The summed E-state index contributed by atoms with van der Waals surface area (Å²) in [6, 6.07) is 17.6. The lowest BCUT2D eigenvalue weighted by Crippen LogP contribution is -2.43. The van der Waals surface area contributed by atoms with E-state index in [0.717, 1.165) is 48.1 Å². The van der Waals surface area contributed by atoms with Crippen molar-refractivity contribution in [3.63, 3.8) is 0 Å². The molecule has 2 aromatic carbocycles. The van der Waals surface area contributed by atoms with Gasteiger partial charge in [0.15, 0.2) is 8.32 Å². The van der Waals surface area contributed by atoms with Crippen molar-refractivity contribution < 1.29 is 14.0 Å². The fraction of sp³-hybridized carbons (Fsp3) is 0.487. The van der Waals surface area contributed by atoms with Gasteiger partial charge in [0.1, 0.15) is 5.60 Å². The van der Waals surface area contributed by atoms with Crippen LogP contribution < -0.4 is 0 Å². The summed E-state index contributed by atoms with van der Waals surface area (Å²) < 4.78 is 11.8. The summed E-state index contributed by atoms with van der Waals surface area (Å²) in [7, 11) is -1.71. The monoisotopic (exact) mass is 609 g/mol. The number of hydrogen-bond acceptors (Lipinski definition) is 4. The van der Waals surface area contributed by atoms with E-state index in [1.165, 1.54) is 47.9 Å². The molecule has 1 aliphatic carbocycles. The number of esters is 1. The van der Waals surface area contributed by atoms with Crippen molar-refractivity contribution in [2.24, 2.45) is 0 Å². The Labute approximate surface area is 267 Å². The van der Waals surface area contributed by atoms with Gasteiger partial charge in [-0.15, -0.1) is 0 Å². The molecule has 234 valence electrons. The first kappa shape index (κ1) is 33.7. The normalized spacial score (nSPS) is 15.2. The number of benzene rings is 2. The van der Waals surface area contributed by atoms with E-state index in [1.807, 2.05) is 19.1 Å². The Morgan fingerprint density at radius 3 is 2.25 bits per heavy atom. The second-order valence-electron chi connectivity index (χ2n) is 13.4. The number of pyridine rings is 1. The molecule has 0 radical (unpaired) electrons. The van der Waals surface area contributed by atoms with Crippen molar-refractivity contribution in [2.45, 2.75) is 117 Å². The molecule has 44 heavy (non-hydrogen) atoms. The van der Waals surface area contributed by atoms with Crippen molar-refractivity contribution in [1.82, 2.24) is 4.98 Å². The molecule has 1 fully saturated rings. The molecule has 5 heteroatoms. The molecule has 1 aliphatic rings. The molecule has 1 heterocycles. The predicted molar refractivity (Wildman–Crippen MR) is 184 cm³/mol. The predicted octanol–water partition coefficient (Wildman–Crippen LogP) is 9.70. The first-order valence-electron chi connectivity index (χ1n) is 16.6. The third kappa shape index (κ3) is 9.16. The van der Waals surface area contributed by atoms with Gasteiger partial charge in [0.05, 0.1) is 18.7 Å². The van der Waals surface area contributed by atoms with Crippen LogP contribution in [0.25, 0.3) is 11.3 Å². The highest BCUT2D eigenvalue weighted by molar-refractivity contribution is 6.69. The van der Waals surface area contributed by atoms with Gasteiger partial charge >= 0.3 is 5.97 Å². The van der Waals surface area contributed by atoms with Crippen molar-refractivity contribution >= 4 is 14.3 Å². The Morgan fingerprint density at radius 1 is 0.955 bits per heavy atom. The fourth-order valence-electron chi connectivity index (χ4n) is 6.38. The average Bonchev–Trinajstić information content (AvgIpc) is 2.97. The molecule has 4 nitrogen and oxygen atoms in total. The Hall–Kier alpha value is -3.20. The molecule has 1 atom stereocenters. The van der Waals surface area contributed by atoms with E-state index in [4.69, 9.17) is 9.16 Å². The van der Waals surface area contributed by atoms with Crippen molar-refractivity contribution in [1.29, 1.82) is 0 Å². The molecular weight excluding hydrogens is 559 g/mol. The molecule has 1 saturated carbocycles. The molecule has 0 amide bonds. The number of carbonyl (C=O) groups excluding carboxylic acids is 1. The molecule has 0 spiro atoms. The number of nitrogens with zero attached hydrogens (tertiary/aromatic N) is 1. The highest BCUT2D eigenvalue weighted by Gasteiger charge is 2.35. The van der Waals surface area contributed by atoms with Crippen LogP contribution in [-0.2, 0) is 20.4 Å². The van der Waals surface area contributed by atoms with Crippen molar-refractivity contribution in [3.8, 4) is 23.1 Å². The highest BCUT2D eigenvalue weighted by atomic mass is 28.4. The summed E-state index contributed by atoms with van der Waals surface area (Å²) in [5, 5.41) is 0. The molecule has 3 aromatic rings. The minimum absolute atomic E-state index is 0.222. The van der Waals surface area contributed by atoms with E-state index in [-0.39, 0.29) is 18.0 Å². The molecule has 0 bridgehead atoms. The van der Waals surface area contributed by atoms with Crippen molar-refractivity contribution in [3.05, 3.63) is 88.1 Å². The van der Waals surface area contributed by atoms with E-state index in [9.17, 15) is 4.79 Å². The minimum atomic E-state index is -1.71. The first-order chi connectivity index (χ1) is 21.0. The fourth-order valence-corrected chi connectivity index (χ4v) is 7.81. The van der Waals surface area contributed by atoms with Crippen LogP contribution in [0.4, 0.5) is 0 Å². The first-order valence-corrected chi connectivity index (χ1v) is 20.0. The van der Waals surface area contributed by atoms with Gasteiger partial charge < -0.3 is 9.16 Å². The summed E-state index contributed by atoms with van der Waals surface area (Å²) in [5.41, 5.74) is 8.84. The number of hydrogen-bond donors (Lipinski definition) is 0. The number of rotatable bonds is 11. The Balaban J connectivity index is 1.58. The second-order valence-corrected chi connectivity index (χ2v) is 17.8. The van der Waals surface area contributed by atoms with Crippen LogP contribution in [0.3, 0.4) is 0 Å². The Morgan fingerprint density at radius 2 is 1.66 bits per heavy atom. The lowest BCUT2D eigenvalue weighted by atomic mass is 9.83. The topological polar surface area (TPSA) is 48.4 Å². The standard InChI is InChI=1S/C39H51NO3Si/c1-8-10-14-36(34-18-19-35(30(4)26-34)37-20-15-31(28-40-37)27-38(41)42-9-2)33-17-16-32(29(3)25-33)21-24-39(43-44(5,6)7)22-12-11-13-23-39/h15-20,25-26,28,36H,8-14,22-23,27H2,1-7H3. The highest BCUT2D eigenvalue weighted by Crippen LogP contribution is 2.36. The SMILES string of the molecule is CCCCC(c1ccc(C#CC2(O[Si](C)(C)C)CCCCC2)c(C)c1)c1ccc(-c2ccc(CC(=O)OCC)cn2)c(C)c1. The van der Waals surface area contributed by atoms with E-state index in [1.54, 1.807) is 6.20 Å². The molecule has 0 saturated heterocycles. The van der Waals surface area contributed by atoms with Crippen molar-refractivity contribution in [2.75, 3.05) is 6.61 Å². The number of carbonyl (C=O) groups is 1. The second kappa shape index (κ2) is 15.2. The van der Waals surface area contributed by atoms with Gasteiger partial charge in [0.25, 0.3) is 0 Å². The van der Waals surface area contributed by atoms with E-state index >= 15 is 0 Å². The number of unbranched alkanes of at least 4 members (excludes halogenated alkanes) is 1. The van der Waals surface area contributed by atoms with Crippen LogP contribution in [0, 0.1) is 25.7 Å². The zero-order valence-corrected chi connectivity index (χ0v) is 29.0. The molecule has 1 unspecified atom stereocenters. The van der Waals surface area contributed by atoms with Crippen LogP contribution >= 0.6 is 0 Å². The minimum Gasteiger partial charge on any atom is -0.466 e. The van der Waals surface area contributed by atoms with Gasteiger partial charge in [0.2, 0.25) is 0 Å². The number of aromatic nitrogens is 1. The maximum atomic E-state index is 11.9. The molecular formula is C39H51NO3Si. The summed E-state index contributed by atoms with van der Waals surface area (Å²) in [6.07, 6.45) is 11.2. The summed E-state index contributed by atoms with van der Waals surface area (Å²) in [6.45, 7) is 15.7. The lowest BCUT2D eigenvalue weighted by Gasteiger charge is -2.38. The van der Waals surface area contributed by atoms with Crippen LogP contribution in [0.5, 0.6) is 0 Å². The smallest absolute Gasteiger partial charge is 0.310 e. The van der Waals surface area contributed by atoms with Gasteiger partial charge in [-0.2, -0.15) is 0 Å². The molecule has 4 rings (SSSR count). The Kier molecular flexibility index (Phi) is 11.6. The maximum absolute atomic E-state index is 11.9.